The molecule has 0 spiro atoms. The van der Waals surface area contributed by atoms with Crippen LogP contribution in [0.4, 0.5) is 5.69 Å². The van der Waals surface area contributed by atoms with Gasteiger partial charge in [0.2, 0.25) is 0 Å². The molecule has 0 heterocycles. The Hall–Kier alpha value is -1.33. The Bertz CT molecular complexity index is 689. The lowest BCUT2D eigenvalue weighted by molar-refractivity contribution is 0.601. The molecule has 106 valence electrons. The molecule has 0 bridgehead atoms. The standard InChI is InChI=1S/C15H16BrNO2S/c1-11-7-12(2)9-14(8-11)17-20(18,19)15-5-3-13(10-16)4-6-15/h3-9,17H,10H2,1-2H3. The predicted molar refractivity (Wildman–Crippen MR) is 85.8 cm³/mol. The lowest BCUT2D eigenvalue weighted by Crippen LogP contribution is -2.13. The van der Waals surface area contributed by atoms with E-state index >= 15 is 0 Å². The number of aryl methyl sites for hydroxylation is 2. The van der Waals surface area contributed by atoms with E-state index in [2.05, 4.69) is 20.7 Å². The van der Waals surface area contributed by atoms with E-state index in [1.54, 1.807) is 24.3 Å². The van der Waals surface area contributed by atoms with Crippen LogP contribution in [0, 0.1) is 13.8 Å². The summed E-state index contributed by atoms with van der Waals surface area (Å²) in [6.45, 7) is 3.88. The molecule has 2 rings (SSSR count). The molecular formula is C15H16BrNO2S. The summed E-state index contributed by atoms with van der Waals surface area (Å²) in [6, 6.07) is 12.5. The summed E-state index contributed by atoms with van der Waals surface area (Å²) in [7, 11) is -3.54. The summed E-state index contributed by atoms with van der Waals surface area (Å²) >= 11 is 3.34. The zero-order chi connectivity index (χ0) is 14.8. The first-order valence-electron chi connectivity index (χ1n) is 6.17. The zero-order valence-corrected chi connectivity index (χ0v) is 13.8. The average molecular weight is 354 g/mol. The van der Waals surface area contributed by atoms with Crippen LogP contribution in [0.5, 0.6) is 0 Å². The van der Waals surface area contributed by atoms with Crippen LogP contribution < -0.4 is 4.72 Å². The Labute approximate surface area is 128 Å². The van der Waals surface area contributed by atoms with E-state index in [4.69, 9.17) is 0 Å². The highest BCUT2D eigenvalue weighted by Crippen LogP contribution is 2.19. The topological polar surface area (TPSA) is 46.2 Å². The summed E-state index contributed by atoms with van der Waals surface area (Å²) < 4.78 is 27.2. The largest absolute Gasteiger partial charge is 0.280 e. The van der Waals surface area contributed by atoms with Gasteiger partial charge in [-0.25, -0.2) is 8.42 Å². The first kappa shape index (κ1) is 15.1. The van der Waals surface area contributed by atoms with Crippen LogP contribution in [-0.4, -0.2) is 8.42 Å². The van der Waals surface area contributed by atoms with Gasteiger partial charge in [0.1, 0.15) is 0 Å². The minimum atomic E-state index is -3.54. The summed E-state index contributed by atoms with van der Waals surface area (Å²) in [6.07, 6.45) is 0. The van der Waals surface area contributed by atoms with E-state index in [9.17, 15) is 8.42 Å². The molecule has 20 heavy (non-hydrogen) atoms. The quantitative estimate of drug-likeness (QED) is 0.844. The fraction of sp³-hybridized carbons (Fsp3) is 0.200. The third-order valence-electron chi connectivity index (χ3n) is 2.86. The van der Waals surface area contributed by atoms with Crippen molar-refractivity contribution in [3.63, 3.8) is 0 Å². The number of hydrogen-bond acceptors (Lipinski definition) is 2. The van der Waals surface area contributed by atoms with Crippen molar-refractivity contribution in [2.75, 3.05) is 4.72 Å². The van der Waals surface area contributed by atoms with Crippen LogP contribution in [0.25, 0.3) is 0 Å². The molecule has 2 aromatic carbocycles. The molecule has 3 nitrogen and oxygen atoms in total. The highest BCUT2D eigenvalue weighted by molar-refractivity contribution is 9.08. The maximum absolute atomic E-state index is 12.3. The Balaban J connectivity index is 2.30. The van der Waals surface area contributed by atoms with Gasteiger partial charge in [0, 0.05) is 11.0 Å². The second-order valence-electron chi connectivity index (χ2n) is 4.76. The van der Waals surface area contributed by atoms with E-state index in [1.807, 2.05) is 32.0 Å². The number of rotatable bonds is 4. The van der Waals surface area contributed by atoms with Crippen LogP contribution in [0.2, 0.25) is 0 Å². The number of hydrogen-bond donors (Lipinski definition) is 1. The zero-order valence-electron chi connectivity index (χ0n) is 11.4. The normalized spacial score (nSPS) is 11.3. The molecular weight excluding hydrogens is 338 g/mol. The van der Waals surface area contributed by atoms with Gasteiger partial charge in [0.05, 0.1) is 4.90 Å². The highest BCUT2D eigenvalue weighted by atomic mass is 79.9. The summed E-state index contributed by atoms with van der Waals surface area (Å²) in [5, 5.41) is 0.706. The van der Waals surface area contributed by atoms with E-state index in [-0.39, 0.29) is 4.90 Å². The molecule has 0 amide bonds. The van der Waals surface area contributed by atoms with Crippen molar-refractivity contribution < 1.29 is 8.42 Å². The molecule has 5 heteroatoms. The molecule has 0 saturated carbocycles. The van der Waals surface area contributed by atoms with Gasteiger partial charge in [-0.1, -0.05) is 34.1 Å². The lowest BCUT2D eigenvalue weighted by Gasteiger charge is -2.10. The fourth-order valence-corrected chi connectivity index (χ4v) is 3.42. The van der Waals surface area contributed by atoms with Crippen molar-refractivity contribution in [1.82, 2.24) is 0 Å². The maximum Gasteiger partial charge on any atom is 0.261 e. The van der Waals surface area contributed by atoms with Crippen molar-refractivity contribution in [2.24, 2.45) is 0 Å². The van der Waals surface area contributed by atoms with Crippen molar-refractivity contribution in [1.29, 1.82) is 0 Å². The van der Waals surface area contributed by atoms with Gasteiger partial charge >= 0.3 is 0 Å². The van der Waals surface area contributed by atoms with E-state index in [0.717, 1.165) is 16.7 Å². The van der Waals surface area contributed by atoms with Crippen molar-refractivity contribution in [2.45, 2.75) is 24.1 Å². The number of nitrogens with one attached hydrogen (secondary N) is 1. The molecule has 0 radical (unpaired) electrons. The summed E-state index contributed by atoms with van der Waals surface area (Å²) in [5.74, 6) is 0. The summed E-state index contributed by atoms with van der Waals surface area (Å²) in [5.41, 5.74) is 3.68. The molecule has 0 aliphatic heterocycles. The number of anilines is 1. The average Bonchev–Trinajstić information content (AvgIpc) is 2.37. The SMILES string of the molecule is Cc1cc(C)cc(NS(=O)(=O)c2ccc(CBr)cc2)c1. The van der Waals surface area contributed by atoms with Gasteiger partial charge in [0.15, 0.2) is 0 Å². The van der Waals surface area contributed by atoms with E-state index in [0.29, 0.717) is 11.0 Å². The van der Waals surface area contributed by atoms with E-state index in [1.165, 1.54) is 0 Å². The molecule has 0 unspecified atom stereocenters. The van der Waals surface area contributed by atoms with Crippen LogP contribution in [-0.2, 0) is 15.4 Å². The van der Waals surface area contributed by atoms with Gasteiger partial charge in [-0.3, -0.25) is 4.72 Å². The molecule has 0 aromatic heterocycles. The fourth-order valence-electron chi connectivity index (χ4n) is 2.01. The molecule has 0 saturated heterocycles. The smallest absolute Gasteiger partial charge is 0.261 e. The van der Waals surface area contributed by atoms with Crippen LogP contribution in [0.15, 0.2) is 47.4 Å². The number of sulfonamides is 1. The molecule has 0 fully saturated rings. The molecule has 0 atom stereocenters. The third-order valence-corrected chi connectivity index (χ3v) is 4.91. The first-order valence-corrected chi connectivity index (χ1v) is 8.77. The van der Waals surface area contributed by atoms with Gasteiger partial charge < -0.3 is 0 Å². The highest BCUT2D eigenvalue weighted by Gasteiger charge is 2.14. The van der Waals surface area contributed by atoms with E-state index < -0.39 is 10.0 Å². The monoisotopic (exact) mass is 353 g/mol. The Morgan fingerprint density at radius 2 is 1.55 bits per heavy atom. The third kappa shape index (κ3) is 3.61. The number of halogens is 1. The Morgan fingerprint density at radius 3 is 2.05 bits per heavy atom. The Kier molecular flexibility index (Phi) is 4.50. The van der Waals surface area contributed by atoms with Crippen LogP contribution in [0.1, 0.15) is 16.7 Å². The van der Waals surface area contributed by atoms with Crippen molar-refractivity contribution in [3.05, 3.63) is 59.2 Å². The minimum absolute atomic E-state index is 0.265. The Morgan fingerprint density at radius 1 is 1.00 bits per heavy atom. The molecule has 0 aliphatic rings. The second kappa shape index (κ2) is 5.97. The van der Waals surface area contributed by atoms with Gasteiger partial charge in [0.25, 0.3) is 10.0 Å². The van der Waals surface area contributed by atoms with Gasteiger partial charge in [-0.2, -0.15) is 0 Å². The van der Waals surface area contributed by atoms with Crippen molar-refractivity contribution >= 4 is 31.6 Å². The molecule has 0 aliphatic carbocycles. The van der Waals surface area contributed by atoms with Gasteiger partial charge in [-0.15, -0.1) is 0 Å². The van der Waals surface area contributed by atoms with Crippen molar-refractivity contribution in [3.8, 4) is 0 Å². The first-order chi connectivity index (χ1) is 9.40. The number of alkyl halides is 1. The molecule has 2 aromatic rings. The number of benzene rings is 2. The van der Waals surface area contributed by atoms with Gasteiger partial charge in [-0.05, 0) is 54.8 Å². The van der Waals surface area contributed by atoms with Crippen LogP contribution >= 0.6 is 15.9 Å². The molecule has 1 N–H and O–H groups in total. The minimum Gasteiger partial charge on any atom is -0.280 e. The second-order valence-corrected chi connectivity index (χ2v) is 7.00. The van der Waals surface area contributed by atoms with Crippen LogP contribution in [0.3, 0.4) is 0 Å². The maximum atomic E-state index is 12.3. The summed E-state index contributed by atoms with van der Waals surface area (Å²) in [4.78, 5) is 0.265. The lowest BCUT2D eigenvalue weighted by atomic mass is 10.1. The predicted octanol–water partition coefficient (Wildman–Crippen LogP) is 4.00.